The van der Waals surface area contributed by atoms with E-state index in [0.29, 0.717) is 22.7 Å². The maximum Gasteiger partial charge on any atom is 0.410 e. The molecule has 236 valence electrons. The SMILES string of the molecule is COc1ccc2ccccc2c1CN1C(=O)[C@@H](NC(=O)[C@H](C)N(C)C(=O)OC(C)(C)C)[C@H](C)N(C(C)=O)c2cc(C#N)ccc21. The maximum atomic E-state index is 14.6. The third-order valence-corrected chi connectivity index (χ3v) is 7.89. The van der Waals surface area contributed by atoms with Gasteiger partial charge in [0.15, 0.2) is 0 Å². The Morgan fingerprint density at radius 3 is 2.40 bits per heavy atom. The lowest BCUT2D eigenvalue weighted by Gasteiger charge is -2.33. The number of anilines is 2. The highest BCUT2D eigenvalue weighted by Gasteiger charge is 2.42. The van der Waals surface area contributed by atoms with Crippen molar-refractivity contribution in [3.63, 3.8) is 0 Å². The molecule has 4 rings (SSSR count). The fourth-order valence-corrected chi connectivity index (χ4v) is 5.45. The summed E-state index contributed by atoms with van der Waals surface area (Å²) >= 11 is 0. The summed E-state index contributed by atoms with van der Waals surface area (Å²) < 4.78 is 11.1. The van der Waals surface area contributed by atoms with E-state index in [1.54, 1.807) is 53.0 Å². The summed E-state index contributed by atoms with van der Waals surface area (Å²) in [7, 11) is 2.99. The number of fused-ring (bicyclic) bond motifs is 2. The molecule has 1 aliphatic heterocycles. The zero-order valence-electron chi connectivity index (χ0n) is 26.9. The second-order valence-electron chi connectivity index (χ2n) is 12.1. The van der Waals surface area contributed by atoms with Crippen molar-refractivity contribution in [1.82, 2.24) is 10.2 Å². The normalized spacial score (nSPS) is 17.1. The minimum atomic E-state index is -1.21. The molecule has 1 heterocycles. The predicted molar refractivity (Wildman–Crippen MR) is 171 cm³/mol. The van der Waals surface area contributed by atoms with E-state index in [9.17, 15) is 24.4 Å². The van der Waals surface area contributed by atoms with Gasteiger partial charge in [-0.05, 0) is 69.7 Å². The van der Waals surface area contributed by atoms with Crippen molar-refractivity contribution in [3.8, 4) is 11.8 Å². The third-order valence-electron chi connectivity index (χ3n) is 7.89. The van der Waals surface area contributed by atoms with Crippen LogP contribution < -0.4 is 19.9 Å². The predicted octanol–water partition coefficient (Wildman–Crippen LogP) is 4.75. The lowest BCUT2D eigenvalue weighted by molar-refractivity contribution is -0.131. The Hall–Kier alpha value is -5.11. The molecule has 0 aromatic heterocycles. The number of benzene rings is 3. The number of nitriles is 1. The molecule has 0 spiro atoms. The molecule has 11 heteroatoms. The van der Waals surface area contributed by atoms with Crippen molar-refractivity contribution < 1.29 is 28.7 Å². The van der Waals surface area contributed by atoms with Crippen LogP contribution in [0.2, 0.25) is 0 Å². The van der Waals surface area contributed by atoms with Gasteiger partial charge in [-0.3, -0.25) is 19.3 Å². The molecule has 4 amide bonds. The van der Waals surface area contributed by atoms with Gasteiger partial charge in [-0.2, -0.15) is 5.26 Å². The second kappa shape index (κ2) is 12.9. The van der Waals surface area contributed by atoms with Gasteiger partial charge in [0.2, 0.25) is 11.8 Å². The fraction of sp³-hybridized carbons (Fsp3) is 0.382. The molecule has 0 aliphatic carbocycles. The zero-order chi connectivity index (χ0) is 33.2. The van der Waals surface area contributed by atoms with E-state index in [-0.39, 0.29) is 12.5 Å². The molecule has 1 N–H and O–H groups in total. The summed E-state index contributed by atoms with van der Waals surface area (Å²) in [4.78, 5) is 58.2. The van der Waals surface area contributed by atoms with Crippen LogP contribution in [0, 0.1) is 11.3 Å². The third kappa shape index (κ3) is 6.70. The molecule has 3 aromatic carbocycles. The Kier molecular flexibility index (Phi) is 9.37. The molecule has 11 nitrogen and oxygen atoms in total. The van der Waals surface area contributed by atoms with Crippen molar-refractivity contribution in [3.05, 3.63) is 65.7 Å². The van der Waals surface area contributed by atoms with Gasteiger partial charge in [-0.25, -0.2) is 4.79 Å². The quantitative estimate of drug-likeness (QED) is 0.424. The summed E-state index contributed by atoms with van der Waals surface area (Å²) in [5.41, 5.74) is 1.01. The Morgan fingerprint density at radius 2 is 1.78 bits per heavy atom. The molecule has 0 fully saturated rings. The summed E-state index contributed by atoms with van der Waals surface area (Å²) in [6.07, 6.45) is -0.697. The van der Waals surface area contributed by atoms with E-state index >= 15 is 0 Å². The van der Waals surface area contributed by atoms with Crippen molar-refractivity contribution in [1.29, 1.82) is 5.26 Å². The number of hydrogen-bond acceptors (Lipinski definition) is 7. The number of amides is 4. The Morgan fingerprint density at radius 1 is 1.09 bits per heavy atom. The van der Waals surface area contributed by atoms with Crippen molar-refractivity contribution in [2.45, 2.75) is 71.8 Å². The molecule has 0 radical (unpaired) electrons. The van der Waals surface area contributed by atoms with Crippen LogP contribution in [-0.2, 0) is 25.7 Å². The van der Waals surface area contributed by atoms with Crippen LogP contribution in [0.5, 0.6) is 5.75 Å². The second-order valence-corrected chi connectivity index (χ2v) is 12.1. The number of rotatable bonds is 6. The van der Waals surface area contributed by atoms with Gasteiger partial charge < -0.3 is 24.6 Å². The van der Waals surface area contributed by atoms with Crippen LogP contribution in [-0.4, -0.2) is 66.6 Å². The van der Waals surface area contributed by atoms with E-state index in [4.69, 9.17) is 9.47 Å². The topological polar surface area (TPSA) is 132 Å². The molecule has 0 saturated carbocycles. The van der Waals surface area contributed by atoms with Gasteiger partial charge in [0.05, 0.1) is 42.7 Å². The highest BCUT2D eigenvalue weighted by Crippen LogP contribution is 2.39. The van der Waals surface area contributed by atoms with Gasteiger partial charge in [0.25, 0.3) is 5.91 Å². The van der Waals surface area contributed by atoms with Crippen molar-refractivity contribution in [2.75, 3.05) is 24.0 Å². The molecule has 3 aromatic rings. The highest BCUT2D eigenvalue weighted by atomic mass is 16.6. The molecular weight excluding hydrogens is 574 g/mol. The molecule has 45 heavy (non-hydrogen) atoms. The number of likely N-dealkylation sites (N-methyl/N-ethyl adjacent to an activating group) is 1. The number of nitrogens with one attached hydrogen (secondary N) is 1. The first kappa shape index (κ1) is 32.8. The highest BCUT2D eigenvalue weighted by molar-refractivity contribution is 6.09. The standard InChI is InChI=1S/C34H39N5O6/c1-20-30(36-31(41)21(2)37(7)33(43)45-34(4,5)6)32(42)38(27-15-13-23(18-35)17-28(27)39(20)22(3)40)19-26-25-12-10-9-11-24(25)14-16-29(26)44-8/h9-17,20-21,30H,19H2,1-8H3,(H,36,41)/t20-,21-,30-/m0/s1. The maximum absolute atomic E-state index is 14.6. The minimum Gasteiger partial charge on any atom is -0.496 e. The van der Waals surface area contributed by atoms with Crippen molar-refractivity contribution >= 4 is 46.0 Å². The Bertz CT molecular complexity index is 1690. The monoisotopic (exact) mass is 613 g/mol. The summed E-state index contributed by atoms with van der Waals surface area (Å²) in [5, 5.41) is 14.3. The van der Waals surface area contributed by atoms with Gasteiger partial charge in [-0.15, -0.1) is 0 Å². The Balaban J connectivity index is 1.82. The van der Waals surface area contributed by atoms with Crippen molar-refractivity contribution in [2.24, 2.45) is 0 Å². The average molecular weight is 614 g/mol. The van der Waals surface area contributed by atoms with Crippen LogP contribution in [0.25, 0.3) is 10.8 Å². The molecule has 0 saturated heterocycles. The average Bonchev–Trinajstić information content (AvgIpc) is 3.07. The zero-order valence-corrected chi connectivity index (χ0v) is 26.9. The van der Waals surface area contributed by atoms with Crippen LogP contribution in [0.1, 0.15) is 52.7 Å². The molecule has 0 bridgehead atoms. The van der Waals surface area contributed by atoms with E-state index < -0.39 is 41.6 Å². The van der Waals surface area contributed by atoms with Crippen LogP contribution in [0.4, 0.5) is 16.2 Å². The number of methoxy groups -OCH3 is 1. The first-order chi connectivity index (χ1) is 21.2. The molecule has 0 unspecified atom stereocenters. The fourth-order valence-electron chi connectivity index (χ4n) is 5.45. The largest absolute Gasteiger partial charge is 0.496 e. The van der Waals surface area contributed by atoms with E-state index in [0.717, 1.165) is 21.2 Å². The number of carbonyl (C=O) groups excluding carboxylic acids is 4. The first-order valence-corrected chi connectivity index (χ1v) is 14.6. The lowest BCUT2D eigenvalue weighted by Crippen LogP contribution is -2.60. The van der Waals surface area contributed by atoms with Gasteiger partial charge in [0, 0.05) is 19.5 Å². The van der Waals surface area contributed by atoms with E-state index in [1.807, 2.05) is 36.4 Å². The van der Waals surface area contributed by atoms with Crippen LogP contribution >= 0.6 is 0 Å². The van der Waals surface area contributed by atoms with Gasteiger partial charge >= 0.3 is 6.09 Å². The minimum absolute atomic E-state index is 0.0421. The lowest BCUT2D eigenvalue weighted by atomic mass is 10.0. The van der Waals surface area contributed by atoms with Crippen LogP contribution in [0.3, 0.4) is 0 Å². The van der Waals surface area contributed by atoms with Crippen LogP contribution in [0.15, 0.2) is 54.6 Å². The van der Waals surface area contributed by atoms with Gasteiger partial charge in [-0.1, -0.05) is 30.3 Å². The summed E-state index contributed by atoms with van der Waals surface area (Å²) in [6, 6.07) is 15.3. The van der Waals surface area contributed by atoms with E-state index in [2.05, 4.69) is 11.4 Å². The Labute approximate surface area is 263 Å². The summed E-state index contributed by atoms with van der Waals surface area (Å²) in [6.45, 7) is 9.77. The number of nitrogens with zero attached hydrogens (tertiary/aromatic N) is 4. The number of carbonyl (C=O) groups is 4. The van der Waals surface area contributed by atoms with E-state index in [1.165, 1.54) is 30.7 Å². The number of hydrogen-bond donors (Lipinski definition) is 1. The summed E-state index contributed by atoms with van der Waals surface area (Å²) in [5.74, 6) is -0.906. The smallest absolute Gasteiger partial charge is 0.410 e. The van der Waals surface area contributed by atoms with Gasteiger partial charge in [0.1, 0.15) is 23.4 Å². The molecule has 3 atom stereocenters. The molecular formula is C34H39N5O6. The molecule has 1 aliphatic rings. The first-order valence-electron chi connectivity index (χ1n) is 14.6. The number of ether oxygens (including phenoxy) is 2.